The Kier molecular flexibility index (Phi) is 4.68. The van der Waals surface area contributed by atoms with Gasteiger partial charge in [0.1, 0.15) is 11.4 Å². The molecule has 0 amide bonds. The first kappa shape index (κ1) is 16.9. The number of aromatic hydroxyl groups is 1. The van der Waals surface area contributed by atoms with Crippen LogP contribution in [0.4, 0.5) is 27.6 Å². The summed E-state index contributed by atoms with van der Waals surface area (Å²) in [4.78, 5) is 3.32. The molecule has 0 atom stereocenters. The van der Waals surface area contributed by atoms with Gasteiger partial charge in [-0.2, -0.15) is 0 Å². The normalized spacial score (nSPS) is 11.7. The van der Waals surface area contributed by atoms with E-state index in [0.717, 1.165) is 6.21 Å². The molecule has 122 valence electrons. The fourth-order valence-electron chi connectivity index (χ4n) is 1.99. The molecule has 7 heteroatoms. The highest BCUT2D eigenvalue weighted by Gasteiger charge is 2.25. The highest BCUT2D eigenvalue weighted by molar-refractivity contribution is 5.86. The van der Waals surface area contributed by atoms with E-state index in [1.165, 1.54) is 6.07 Å². The van der Waals surface area contributed by atoms with E-state index in [9.17, 15) is 27.1 Å². The van der Waals surface area contributed by atoms with Crippen molar-refractivity contribution < 1.29 is 27.1 Å². The number of hydrogen-bond acceptors (Lipinski definition) is 2. The maximum atomic E-state index is 13.5. The Morgan fingerprint density at radius 3 is 1.96 bits per heavy atom. The Balaban J connectivity index is 2.53. The van der Waals surface area contributed by atoms with Gasteiger partial charge < -0.3 is 5.11 Å². The monoisotopic (exact) mass is 329 g/mol. The highest BCUT2D eigenvalue weighted by Crippen LogP contribution is 2.31. The minimum atomic E-state index is -2.25. The summed E-state index contributed by atoms with van der Waals surface area (Å²) in [6, 6.07) is 4.63. The van der Waals surface area contributed by atoms with Crippen LogP contribution in [-0.4, -0.2) is 11.3 Å². The maximum absolute atomic E-state index is 13.5. The standard InChI is InChI=1S/C16H12F5NO/c1-7(2)9-5-3-4-8(16(9)23)6-22-15-13(20)11(18)10(17)12(19)14(15)21/h3-7,23H,1-2H3. The van der Waals surface area contributed by atoms with Gasteiger partial charge >= 0.3 is 0 Å². The SMILES string of the molecule is CC(C)c1cccc(C=Nc2c(F)c(F)c(F)c(F)c2F)c1O. The number of rotatable bonds is 3. The van der Waals surface area contributed by atoms with E-state index in [4.69, 9.17) is 0 Å². The van der Waals surface area contributed by atoms with Gasteiger partial charge in [-0.3, -0.25) is 0 Å². The van der Waals surface area contributed by atoms with Crippen molar-refractivity contribution in [2.45, 2.75) is 19.8 Å². The predicted molar refractivity (Wildman–Crippen MR) is 75.7 cm³/mol. The molecule has 23 heavy (non-hydrogen) atoms. The van der Waals surface area contributed by atoms with Crippen LogP contribution in [-0.2, 0) is 0 Å². The quantitative estimate of drug-likeness (QED) is 0.367. The summed E-state index contributed by atoms with van der Waals surface area (Å²) in [7, 11) is 0. The number of benzene rings is 2. The number of phenols is 1. The number of nitrogens with zero attached hydrogens (tertiary/aromatic N) is 1. The predicted octanol–water partition coefficient (Wildman–Crippen LogP) is 4.96. The van der Waals surface area contributed by atoms with E-state index >= 15 is 0 Å². The van der Waals surface area contributed by atoms with E-state index in [1.807, 2.05) is 13.8 Å². The summed E-state index contributed by atoms with van der Waals surface area (Å²) < 4.78 is 66.2. The van der Waals surface area contributed by atoms with Gasteiger partial charge in [0.15, 0.2) is 23.3 Å². The van der Waals surface area contributed by atoms with Crippen molar-refractivity contribution in [1.82, 2.24) is 0 Å². The molecule has 0 spiro atoms. The van der Waals surface area contributed by atoms with Crippen LogP contribution in [0.5, 0.6) is 5.75 Å². The zero-order valence-electron chi connectivity index (χ0n) is 12.2. The molecule has 0 fully saturated rings. The largest absolute Gasteiger partial charge is 0.507 e. The second kappa shape index (κ2) is 6.36. The lowest BCUT2D eigenvalue weighted by molar-refractivity contribution is 0.381. The molecule has 0 aliphatic rings. The van der Waals surface area contributed by atoms with Crippen molar-refractivity contribution in [2.75, 3.05) is 0 Å². The molecule has 0 heterocycles. The third-order valence-corrected chi connectivity index (χ3v) is 3.24. The van der Waals surface area contributed by atoms with E-state index in [2.05, 4.69) is 4.99 Å². The molecule has 0 saturated heterocycles. The van der Waals surface area contributed by atoms with Crippen molar-refractivity contribution in [3.63, 3.8) is 0 Å². The average Bonchev–Trinajstić information content (AvgIpc) is 2.52. The van der Waals surface area contributed by atoms with Gasteiger partial charge in [-0.05, 0) is 17.5 Å². The third-order valence-electron chi connectivity index (χ3n) is 3.24. The smallest absolute Gasteiger partial charge is 0.200 e. The van der Waals surface area contributed by atoms with E-state index < -0.39 is 34.8 Å². The Morgan fingerprint density at radius 2 is 1.43 bits per heavy atom. The van der Waals surface area contributed by atoms with E-state index in [-0.39, 0.29) is 17.2 Å². The van der Waals surface area contributed by atoms with Gasteiger partial charge in [-0.15, -0.1) is 0 Å². The molecule has 0 saturated carbocycles. The van der Waals surface area contributed by atoms with Crippen LogP contribution in [0.3, 0.4) is 0 Å². The van der Waals surface area contributed by atoms with Crippen molar-refractivity contribution >= 4 is 11.9 Å². The van der Waals surface area contributed by atoms with Crippen LogP contribution in [0.15, 0.2) is 23.2 Å². The fourth-order valence-corrected chi connectivity index (χ4v) is 1.99. The number of aliphatic imine (C=N–C) groups is 1. The number of hydrogen-bond donors (Lipinski definition) is 1. The Bertz CT molecular complexity index is 758. The second-order valence-electron chi connectivity index (χ2n) is 5.12. The van der Waals surface area contributed by atoms with Gasteiger partial charge in [0.25, 0.3) is 0 Å². The van der Waals surface area contributed by atoms with E-state index in [1.54, 1.807) is 12.1 Å². The van der Waals surface area contributed by atoms with Gasteiger partial charge in [-0.1, -0.05) is 26.0 Å². The summed E-state index contributed by atoms with van der Waals surface area (Å²) in [5.74, 6) is -10.7. The molecule has 0 unspecified atom stereocenters. The number of halogens is 5. The van der Waals surface area contributed by atoms with Crippen LogP contribution >= 0.6 is 0 Å². The van der Waals surface area contributed by atoms with Crippen molar-refractivity contribution in [1.29, 1.82) is 0 Å². The zero-order valence-corrected chi connectivity index (χ0v) is 12.2. The zero-order chi connectivity index (χ0) is 17.3. The molecule has 0 aliphatic carbocycles. The Hall–Kier alpha value is -2.44. The lowest BCUT2D eigenvalue weighted by Crippen LogP contribution is -2.01. The minimum Gasteiger partial charge on any atom is -0.507 e. The maximum Gasteiger partial charge on any atom is 0.200 e. The van der Waals surface area contributed by atoms with Crippen LogP contribution in [0.2, 0.25) is 0 Å². The second-order valence-corrected chi connectivity index (χ2v) is 5.12. The topological polar surface area (TPSA) is 32.6 Å². The molecule has 0 bridgehead atoms. The highest BCUT2D eigenvalue weighted by atomic mass is 19.2. The van der Waals surface area contributed by atoms with Crippen LogP contribution in [0.1, 0.15) is 30.9 Å². The molecule has 0 aromatic heterocycles. The van der Waals surface area contributed by atoms with E-state index in [0.29, 0.717) is 5.56 Å². The number of phenolic OH excluding ortho intramolecular Hbond substituents is 1. The summed E-state index contributed by atoms with van der Waals surface area (Å²) >= 11 is 0. The van der Waals surface area contributed by atoms with Crippen LogP contribution < -0.4 is 0 Å². The van der Waals surface area contributed by atoms with Crippen LogP contribution in [0.25, 0.3) is 0 Å². The van der Waals surface area contributed by atoms with Gasteiger partial charge in [0.05, 0.1) is 0 Å². The molecular formula is C16H12F5NO. The molecular weight excluding hydrogens is 317 g/mol. The summed E-state index contributed by atoms with van der Waals surface area (Å²) in [5.41, 5.74) is -0.651. The van der Waals surface area contributed by atoms with Crippen molar-refractivity contribution in [3.8, 4) is 5.75 Å². The summed E-state index contributed by atoms with van der Waals surface area (Å²) in [6.45, 7) is 3.64. The Labute approximate surface area is 128 Å². The van der Waals surface area contributed by atoms with Gasteiger partial charge in [0.2, 0.25) is 5.82 Å². The van der Waals surface area contributed by atoms with Crippen molar-refractivity contribution in [2.24, 2.45) is 4.99 Å². The molecule has 0 radical (unpaired) electrons. The Morgan fingerprint density at radius 1 is 0.913 bits per heavy atom. The van der Waals surface area contributed by atoms with Gasteiger partial charge in [-0.25, -0.2) is 26.9 Å². The molecule has 2 nitrogen and oxygen atoms in total. The molecule has 2 aromatic rings. The fraction of sp³-hybridized carbons (Fsp3) is 0.188. The molecule has 0 aliphatic heterocycles. The molecule has 2 aromatic carbocycles. The third kappa shape index (κ3) is 3.04. The van der Waals surface area contributed by atoms with Gasteiger partial charge in [0, 0.05) is 11.8 Å². The first-order valence-corrected chi connectivity index (χ1v) is 6.63. The first-order valence-electron chi connectivity index (χ1n) is 6.63. The number of para-hydroxylation sites is 1. The van der Waals surface area contributed by atoms with Crippen LogP contribution in [0, 0.1) is 29.1 Å². The lowest BCUT2D eigenvalue weighted by Gasteiger charge is -2.10. The summed E-state index contributed by atoms with van der Waals surface area (Å²) in [5, 5.41) is 10.0. The lowest BCUT2D eigenvalue weighted by atomic mass is 9.99. The summed E-state index contributed by atoms with van der Waals surface area (Å²) in [6.07, 6.45) is 0.847. The minimum absolute atomic E-state index is 0.0301. The molecule has 2 rings (SSSR count). The first-order chi connectivity index (χ1) is 10.8. The molecule has 1 N–H and O–H groups in total. The van der Waals surface area contributed by atoms with Crippen molar-refractivity contribution in [3.05, 3.63) is 58.4 Å². The average molecular weight is 329 g/mol.